The van der Waals surface area contributed by atoms with Gasteiger partial charge in [0.1, 0.15) is 12.4 Å². The number of esters is 1. The zero-order valence-corrected chi connectivity index (χ0v) is 12.4. The Hall–Kier alpha value is -2.50. The summed E-state index contributed by atoms with van der Waals surface area (Å²) < 4.78 is 11.9. The Bertz CT molecular complexity index is 632. The van der Waals surface area contributed by atoms with Crippen LogP contribution < -0.4 is 10.5 Å². The summed E-state index contributed by atoms with van der Waals surface area (Å²) in [5.74, 6) is 0.291. The van der Waals surface area contributed by atoms with Gasteiger partial charge in [0.2, 0.25) is 0 Å². The number of rotatable bonds is 5. The zero-order chi connectivity index (χ0) is 15.4. The maximum Gasteiger partial charge on any atom is 0.359 e. The molecule has 6 heteroatoms. The van der Waals surface area contributed by atoms with Gasteiger partial charge in [0.05, 0.1) is 18.5 Å². The molecule has 1 aromatic heterocycles. The first-order valence-electron chi connectivity index (χ1n) is 6.69. The second-order valence-electron chi connectivity index (χ2n) is 4.59. The van der Waals surface area contributed by atoms with E-state index in [0.29, 0.717) is 23.6 Å². The van der Waals surface area contributed by atoms with Gasteiger partial charge in [-0.2, -0.15) is 5.10 Å². The molecule has 0 saturated heterocycles. The third kappa shape index (κ3) is 3.16. The second kappa shape index (κ2) is 6.30. The predicted octanol–water partition coefficient (Wildman–Crippen LogP) is 2.16. The fourth-order valence-corrected chi connectivity index (χ4v) is 1.98. The molecule has 0 amide bonds. The number of hydrogen-bond donors (Lipinski definition) is 1. The largest absolute Gasteiger partial charge is 0.497 e. The van der Waals surface area contributed by atoms with Gasteiger partial charge < -0.3 is 15.2 Å². The van der Waals surface area contributed by atoms with Crippen LogP contribution in [0.4, 0.5) is 5.69 Å². The highest BCUT2D eigenvalue weighted by molar-refractivity contribution is 5.93. The topological polar surface area (TPSA) is 79.4 Å². The number of carbonyl (C=O) groups is 1. The van der Waals surface area contributed by atoms with Crippen molar-refractivity contribution in [3.05, 3.63) is 41.2 Å². The number of anilines is 1. The molecule has 1 aromatic carbocycles. The van der Waals surface area contributed by atoms with E-state index < -0.39 is 5.97 Å². The number of nitrogens with two attached hydrogens (primary N) is 1. The van der Waals surface area contributed by atoms with Crippen LogP contribution in [0.5, 0.6) is 5.75 Å². The Balaban J connectivity index is 2.07. The van der Waals surface area contributed by atoms with Gasteiger partial charge in [0.15, 0.2) is 5.69 Å². The summed E-state index contributed by atoms with van der Waals surface area (Å²) in [6.45, 7) is 4.40. The zero-order valence-electron chi connectivity index (χ0n) is 12.4. The van der Waals surface area contributed by atoms with Gasteiger partial charge in [0.25, 0.3) is 0 Å². The third-order valence-corrected chi connectivity index (χ3v) is 3.20. The summed E-state index contributed by atoms with van der Waals surface area (Å²) >= 11 is 0. The minimum Gasteiger partial charge on any atom is -0.497 e. The van der Waals surface area contributed by atoms with Gasteiger partial charge in [-0.1, -0.05) is 12.1 Å². The van der Waals surface area contributed by atoms with Crippen LogP contribution in [0.2, 0.25) is 0 Å². The van der Waals surface area contributed by atoms with Crippen molar-refractivity contribution >= 4 is 11.7 Å². The fraction of sp³-hybridized carbons (Fsp3) is 0.333. The van der Waals surface area contributed by atoms with Crippen molar-refractivity contribution in [1.82, 2.24) is 9.78 Å². The molecule has 0 radical (unpaired) electrons. The van der Waals surface area contributed by atoms with Gasteiger partial charge in [-0.05, 0) is 31.5 Å². The van der Waals surface area contributed by atoms with E-state index in [1.807, 2.05) is 31.2 Å². The average molecular weight is 289 g/mol. The number of carbonyl (C=O) groups excluding carboxylic acids is 1. The lowest BCUT2D eigenvalue weighted by atomic mass is 10.2. The van der Waals surface area contributed by atoms with E-state index in [9.17, 15) is 4.79 Å². The normalized spacial score (nSPS) is 10.4. The molecule has 2 rings (SSSR count). The van der Waals surface area contributed by atoms with Crippen LogP contribution in [0.1, 0.15) is 28.7 Å². The number of benzene rings is 1. The summed E-state index contributed by atoms with van der Waals surface area (Å²) in [5, 5.41) is 4.20. The quantitative estimate of drug-likeness (QED) is 0.853. The van der Waals surface area contributed by atoms with E-state index in [0.717, 1.165) is 11.3 Å². The summed E-state index contributed by atoms with van der Waals surface area (Å²) in [6, 6.07) is 7.33. The summed E-state index contributed by atoms with van der Waals surface area (Å²) in [5.41, 5.74) is 8.08. The van der Waals surface area contributed by atoms with E-state index in [-0.39, 0.29) is 6.61 Å². The van der Waals surface area contributed by atoms with E-state index in [2.05, 4.69) is 5.10 Å². The molecule has 112 valence electrons. The molecule has 1 heterocycles. The number of hydrogen-bond acceptors (Lipinski definition) is 5. The van der Waals surface area contributed by atoms with E-state index in [4.69, 9.17) is 15.2 Å². The molecule has 2 N–H and O–H groups in total. The van der Waals surface area contributed by atoms with Crippen molar-refractivity contribution in [2.24, 2.45) is 0 Å². The molecule has 2 aromatic rings. The first kappa shape index (κ1) is 14.9. The number of methoxy groups -OCH3 is 1. The number of nitrogen functional groups attached to an aromatic ring is 1. The van der Waals surface area contributed by atoms with Crippen molar-refractivity contribution in [2.75, 3.05) is 12.8 Å². The van der Waals surface area contributed by atoms with Crippen LogP contribution in [0.15, 0.2) is 24.3 Å². The Labute approximate surface area is 123 Å². The smallest absolute Gasteiger partial charge is 0.359 e. The molecule has 0 unspecified atom stereocenters. The van der Waals surface area contributed by atoms with Gasteiger partial charge >= 0.3 is 5.97 Å². The average Bonchev–Trinajstić information content (AvgIpc) is 2.80. The minimum atomic E-state index is -0.467. The van der Waals surface area contributed by atoms with Crippen molar-refractivity contribution in [1.29, 1.82) is 0 Å². The summed E-state index contributed by atoms with van der Waals surface area (Å²) in [6.07, 6.45) is 0. The van der Waals surface area contributed by atoms with Gasteiger partial charge in [0, 0.05) is 6.54 Å². The van der Waals surface area contributed by atoms with Gasteiger partial charge in [-0.3, -0.25) is 4.68 Å². The van der Waals surface area contributed by atoms with Crippen molar-refractivity contribution in [2.45, 2.75) is 27.0 Å². The van der Waals surface area contributed by atoms with Crippen LogP contribution in [0.25, 0.3) is 0 Å². The molecule has 0 spiro atoms. The third-order valence-electron chi connectivity index (χ3n) is 3.20. The minimum absolute atomic E-state index is 0.177. The molecule has 0 aliphatic rings. The Kier molecular flexibility index (Phi) is 4.47. The molecular formula is C15H19N3O3. The summed E-state index contributed by atoms with van der Waals surface area (Å²) in [4.78, 5) is 12.2. The number of aryl methyl sites for hydroxylation is 2. The lowest BCUT2D eigenvalue weighted by molar-refractivity contribution is 0.0459. The van der Waals surface area contributed by atoms with Crippen LogP contribution >= 0.6 is 0 Å². The molecule has 6 nitrogen and oxygen atoms in total. The van der Waals surface area contributed by atoms with Crippen molar-refractivity contribution in [3.8, 4) is 5.75 Å². The lowest BCUT2D eigenvalue weighted by Gasteiger charge is -2.08. The summed E-state index contributed by atoms with van der Waals surface area (Å²) in [7, 11) is 1.60. The molecule has 0 saturated carbocycles. The fourth-order valence-electron chi connectivity index (χ4n) is 1.98. The molecule has 21 heavy (non-hydrogen) atoms. The highest BCUT2D eigenvalue weighted by atomic mass is 16.5. The second-order valence-corrected chi connectivity index (χ2v) is 4.59. The first-order valence-corrected chi connectivity index (χ1v) is 6.69. The Morgan fingerprint density at radius 1 is 1.33 bits per heavy atom. The van der Waals surface area contributed by atoms with Crippen LogP contribution in [0, 0.1) is 6.92 Å². The monoisotopic (exact) mass is 289 g/mol. The molecular weight excluding hydrogens is 270 g/mol. The molecule has 0 bridgehead atoms. The highest BCUT2D eigenvalue weighted by Gasteiger charge is 2.20. The Morgan fingerprint density at radius 2 is 2.00 bits per heavy atom. The van der Waals surface area contributed by atoms with E-state index >= 15 is 0 Å². The maximum absolute atomic E-state index is 12.2. The van der Waals surface area contributed by atoms with Crippen LogP contribution in [0.3, 0.4) is 0 Å². The van der Waals surface area contributed by atoms with E-state index in [1.54, 1.807) is 18.7 Å². The van der Waals surface area contributed by atoms with Gasteiger partial charge in [-0.25, -0.2) is 4.79 Å². The van der Waals surface area contributed by atoms with Crippen molar-refractivity contribution in [3.63, 3.8) is 0 Å². The number of aromatic nitrogens is 2. The SMILES string of the molecule is CCn1nc(C)c(N)c1C(=O)OCc1ccc(OC)cc1. The molecule has 0 aliphatic carbocycles. The number of nitrogens with zero attached hydrogens (tertiary/aromatic N) is 2. The lowest BCUT2D eigenvalue weighted by Crippen LogP contribution is -2.14. The van der Waals surface area contributed by atoms with E-state index in [1.165, 1.54) is 0 Å². The molecule has 0 atom stereocenters. The number of ether oxygens (including phenoxy) is 2. The highest BCUT2D eigenvalue weighted by Crippen LogP contribution is 2.18. The predicted molar refractivity (Wildman–Crippen MR) is 79.2 cm³/mol. The molecule has 0 aliphatic heterocycles. The van der Waals surface area contributed by atoms with Crippen molar-refractivity contribution < 1.29 is 14.3 Å². The maximum atomic E-state index is 12.2. The molecule has 0 fully saturated rings. The van der Waals surface area contributed by atoms with Crippen LogP contribution in [-0.2, 0) is 17.9 Å². The van der Waals surface area contributed by atoms with Crippen LogP contribution in [-0.4, -0.2) is 22.9 Å². The van der Waals surface area contributed by atoms with Gasteiger partial charge in [-0.15, -0.1) is 0 Å². The Morgan fingerprint density at radius 3 is 2.57 bits per heavy atom. The standard InChI is InChI=1S/C15H19N3O3/c1-4-18-14(13(16)10(2)17-18)15(19)21-9-11-5-7-12(20-3)8-6-11/h5-8H,4,9,16H2,1-3H3. The first-order chi connectivity index (χ1) is 10.1.